The van der Waals surface area contributed by atoms with Crippen molar-refractivity contribution in [3.8, 4) is 11.4 Å². The maximum atomic E-state index is 12.7. The summed E-state index contributed by atoms with van der Waals surface area (Å²) in [7, 11) is 0. The Morgan fingerprint density at radius 2 is 1.79 bits per heavy atom. The van der Waals surface area contributed by atoms with Crippen LogP contribution in [0.4, 0.5) is 0 Å². The van der Waals surface area contributed by atoms with Gasteiger partial charge in [-0.2, -0.15) is 4.98 Å². The molecule has 1 heterocycles. The lowest BCUT2D eigenvalue weighted by atomic mass is 9.88. The van der Waals surface area contributed by atoms with Crippen LogP contribution in [0.5, 0.6) is 0 Å². The van der Waals surface area contributed by atoms with Crippen molar-refractivity contribution in [2.75, 3.05) is 0 Å². The van der Waals surface area contributed by atoms with Gasteiger partial charge in [-0.1, -0.05) is 54.8 Å². The number of aromatic nitrogens is 2. The van der Waals surface area contributed by atoms with Gasteiger partial charge in [0.25, 0.3) is 0 Å². The number of hydrogen-bond acceptors (Lipinski definition) is 5. The van der Waals surface area contributed by atoms with Crippen LogP contribution in [-0.2, 0) is 9.59 Å². The van der Waals surface area contributed by atoms with E-state index in [2.05, 4.69) is 15.5 Å². The van der Waals surface area contributed by atoms with Gasteiger partial charge in [-0.25, -0.2) is 0 Å². The van der Waals surface area contributed by atoms with Crippen LogP contribution >= 0.6 is 0 Å². The highest BCUT2D eigenvalue weighted by Gasteiger charge is 2.42. The largest absolute Gasteiger partial charge is 0.369 e. The van der Waals surface area contributed by atoms with Crippen molar-refractivity contribution in [3.63, 3.8) is 0 Å². The Labute approximate surface area is 164 Å². The molecule has 2 aromatic rings. The summed E-state index contributed by atoms with van der Waals surface area (Å²) in [6.07, 6.45) is 6.29. The van der Waals surface area contributed by atoms with Crippen molar-refractivity contribution < 1.29 is 14.1 Å². The van der Waals surface area contributed by atoms with E-state index in [0.29, 0.717) is 24.6 Å². The summed E-state index contributed by atoms with van der Waals surface area (Å²) in [5, 5.41) is 7.25. The highest BCUT2D eigenvalue weighted by Crippen LogP contribution is 2.39. The molecule has 0 unspecified atom stereocenters. The Hall–Kier alpha value is -2.70. The first-order valence-corrected chi connectivity index (χ1v) is 10.1. The molecule has 3 atom stereocenters. The first kappa shape index (κ1) is 18.7. The van der Waals surface area contributed by atoms with E-state index in [9.17, 15) is 9.59 Å². The Kier molecular flexibility index (Phi) is 5.41. The molecule has 0 aliphatic heterocycles. The SMILES string of the molecule is NC(=O)[C@H]1C[C@H](NC(=O)C2CCCCC2)[C@H](c2nc(-c3ccccc3)no2)C1. The number of rotatable bonds is 5. The zero-order valence-corrected chi connectivity index (χ0v) is 15.8. The van der Waals surface area contributed by atoms with Gasteiger partial charge in [-0.15, -0.1) is 0 Å². The van der Waals surface area contributed by atoms with Crippen molar-refractivity contribution in [2.24, 2.45) is 17.6 Å². The zero-order chi connectivity index (χ0) is 19.5. The summed E-state index contributed by atoms with van der Waals surface area (Å²) in [5.74, 6) is 0.255. The zero-order valence-electron chi connectivity index (χ0n) is 15.8. The molecule has 0 saturated heterocycles. The van der Waals surface area contributed by atoms with Gasteiger partial charge in [0.05, 0.1) is 5.92 Å². The minimum absolute atomic E-state index is 0.0598. The highest BCUT2D eigenvalue weighted by atomic mass is 16.5. The molecule has 0 spiro atoms. The average Bonchev–Trinajstić information content (AvgIpc) is 3.36. The van der Waals surface area contributed by atoms with Crippen molar-refractivity contribution in [2.45, 2.75) is 56.9 Å². The normalized spacial score (nSPS) is 25.5. The summed E-state index contributed by atoms with van der Waals surface area (Å²) in [4.78, 5) is 29.1. The van der Waals surface area contributed by atoms with Gasteiger partial charge < -0.3 is 15.6 Å². The third-order valence-corrected chi connectivity index (χ3v) is 6.06. The molecule has 2 fully saturated rings. The Balaban J connectivity index is 1.52. The van der Waals surface area contributed by atoms with E-state index in [0.717, 1.165) is 31.2 Å². The van der Waals surface area contributed by atoms with E-state index in [-0.39, 0.29) is 35.6 Å². The number of carbonyl (C=O) groups is 2. The number of hydrogen-bond donors (Lipinski definition) is 2. The smallest absolute Gasteiger partial charge is 0.232 e. The maximum absolute atomic E-state index is 12.7. The first-order chi connectivity index (χ1) is 13.6. The van der Waals surface area contributed by atoms with E-state index in [4.69, 9.17) is 10.3 Å². The number of nitrogens with zero attached hydrogens (tertiary/aromatic N) is 2. The molecule has 2 saturated carbocycles. The number of nitrogens with one attached hydrogen (secondary N) is 1. The van der Waals surface area contributed by atoms with Crippen LogP contribution in [-0.4, -0.2) is 28.0 Å². The van der Waals surface area contributed by atoms with E-state index in [1.54, 1.807) is 0 Å². The van der Waals surface area contributed by atoms with Crippen molar-refractivity contribution in [3.05, 3.63) is 36.2 Å². The fourth-order valence-corrected chi connectivity index (χ4v) is 4.46. The van der Waals surface area contributed by atoms with Crippen molar-refractivity contribution >= 4 is 11.8 Å². The predicted octanol–water partition coefficient (Wildman–Crippen LogP) is 2.78. The molecule has 4 rings (SSSR count). The Morgan fingerprint density at radius 3 is 2.50 bits per heavy atom. The molecule has 7 nitrogen and oxygen atoms in total. The highest BCUT2D eigenvalue weighted by molar-refractivity contribution is 5.80. The number of nitrogens with two attached hydrogens (primary N) is 1. The molecule has 1 aromatic heterocycles. The van der Waals surface area contributed by atoms with Gasteiger partial charge in [0.1, 0.15) is 0 Å². The van der Waals surface area contributed by atoms with Crippen LogP contribution in [0.1, 0.15) is 56.8 Å². The second-order valence-electron chi connectivity index (χ2n) is 7.95. The lowest BCUT2D eigenvalue weighted by molar-refractivity contribution is -0.127. The van der Waals surface area contributed by atoms with E-state index in [1.807, 2.05) is 30.3 Å². The van der Waals surface area contributed by atoms with Gasteiger partial charge in [-0.05, 0) is 25.7 Å². The molecule has 3 N–H and O–H groups in total. The van der Waals surface area contributed by atoms with Crippen LogP contribution < -0.4 is 11.1 Å². The second-order valence-corrected chi connectivity index (χ2v) is 7.95. The van der Waals surface area contributed by atoms with Gasteiger partial charge in [0.2, 0.25) is 23.5 Å². The molecule has 2 aliphatic carbocycles. The van der Waals surface area contributed by atoms with Crippen molar-refractivity contribution in [1.82, 2.24) is 15.5 Å². The fourth-order valence-electron chi connectivity index (χ4n) is 4.46. The quantitative estimate of drug-likeness (QED) is 0.826. The molecular weight excluding hydrogens is 356 g/mol. The number of carbonyl (C=O) groups excluding carboxylic acids is 2. The molecule has 2 aliphatic rings. The molecule has 28 heavy (non-hydrogen) atoms. The summed E-state index contributed by atoms with van der Waals surface area (Å²) in [5.41, 5.74) is 6.42. The molecule has 0 radical (unpaired) electrons. The number of benzene rings is 1. The standard InChI is InChI=1S/C21H26N4O3/c22-18(26)15-11-16(17(12-15)23-20(27)14-9-5-2-6-10-14)21-24-19(25-28-21)13-7-3-1-4-8-13/h1,3-4,7-8,14-17H,2,5-6,9-12H2,(H2,22,26)(H,23,27)/t15-,16-,17+/m1/s1. The lowest BCUT2D eigenvalue weighted by Crippen LogP contribution is -2.41. The fraction of sp³-hybridized carbons (Fsp3) is 0.524. The third-order valence-electron chi connectivity index (χ3n) is 6.06. The van der Waals surface area contributed by atoms with Gasteiger partial charge in [-0.3, -0.25) is 9.59 Å². The van der Waals surface area contributed by atoms with Crippen molar-refractivity contribution in [1.29, 1.82) is 0 Å². The summed E-state index contributed by atoms with van der Waals surface area (Å²) >= 11 is 0. The van der Waals surface area contributed by atoms with Crippen LogP contribution in [0.2, 0.25) is 0 Å². The molecular formula is C21H26N4O3. The molecule has 2 amide bonds. The van der Waals surface area contributed by atoms with Crippen LogP contribution in [0.25, 0.3) is 11.4 Å². The summed E-state index contributed by atoms with van der Waals surface area (Å²) < 4.78 is 5.52. The Bertz CT molecular complexity index is 829. The number of amides is 2. The van der Waals surface area contributed by atoms with Gasteiger partial charge in [0, 0.05) is 23.4 Å². The van der Waals surface area contributed by atoms with Gasteiger partial charge >= 0.3 is 0 Å². The van der Waals surface area contributed by atoms with Crippen LogP contribution in [0.15, 0.2) is 34.9 Å². The average molecular weight is 382 g/mol. The third kappa shape index (κ3) is 3.93. The maximum Gasteiger partial charge on any atom is 0.232 e. The first-order valence-electron chi connectivity index (χ1n) is 10.1. The van der Waals surface area contributed by atoms with Gasteiger partial charge in [0.15, 0.2) is 0 Å². The van der Waals surface area contributed by atoms with E-state index >= 15 is 0 Å². The summed E-state index contributed by atoms with van der Waals surface area (Å²) in [6.45, 7) is 0. The molecule has 7 heteroatoms. The Morgan fingerprint density at radius 1 is 1.04 bits per heavy atom. The molecule has 148 valence electrons. The monoisotopic (exact) mass is 382 g/mol. The molecule has 0 bridgehead atoms. The lowest BCUT2D eigenvalue weighted by Gasteiger charge is -2.24. The predicted molar refractivity (Wildman–Crippen MR) is 103 cm³/mol. The van der Waals surface area contributed by atoms with Crippen LogP contribution in [0, 0.1) is 11.8 Å². The number of primary amides is 1. The van der Waals surface area contributed by atoms with E-state index < -0.39 is 0 Å². The van der Waals surface area contributed by atoms with Crippen LogP contribution in [0.3, 0.4) is 0 Å². The summed E-state index contributed by atoms with van der Waals surface area (Å²) in [6, 6.07) is 9.37. The molecule has 1 aromatic carbocycles. The second kappa shape index (κ2) is 8.12. The minimum Gasteiger partial charge on any atom is -0.369 e. The topological polar surface area (TPSA) is 111 Å². The minimum atomic E-state index is -0.345. The van der Waals surface area contributed by atoms with E-state index in [1.165, 1.54) is 6.42 Å².